The molecule has 1 fully saturated rings. The lowest BCUT2D eigenvalue weighted by Crippen LogP contribution is -2.48. The molecular weight excluding hydrogens is 374 g/mol. The number of rotatable bonds is 6. The second-order valence-corrected chi connectivity index (χ2v) is 8.28. The molecule has 1 N–H and O–H groups in total. The largest absolute Gasteiger partial charge is 0.384 e. The van der Waals surface area contributed by atoms with Crippen LogP contribution in [0.15, 0.2) is 65.7 Å². The minimum atomic E-state index is 0.970. The molecule has 0 bridgehead atoms. The van der Waals surface area contributed by atoms with Gasteiger partial charge < -0.3 is 10.2 Å². The predicted molar refractivity (Wildman–Crippen MR) is 115 cm³/mol. The molecule has 0 saturated carbocycles. The van der Waals surface area contributed by atoms with Crippen molar-refractivity contribution in [2.24, 2.45) is 4.99 Å². The molecule has 0 amide bonds. The lowest BCUT2D eigenvalue weighted by molar-refractivity contribution is 0.267. The van der Waals surface area contributed by atoms with Crippen molar-refractivity contribution < 1.29 is 0 Å². The Kier molecular flexibility index (Phi) is 6.13. The molecular formula is C20H23N5S2. The van der Waals surface area contributed by atoms with Crippen LogP contribution in [-0.2, 0) is 0 Å². The molecule has 0 aliphatic carbocycles. The van der Waals surface area contributed by atoms with E-state index >= 15 is 0 Å². The first-order chi connectivity index (χ1) is 13.4. The minimum absolute atomic E-state index is 0.970. The normalized spacial score (nSPS) is 15.9. The quantitative estimate of drug-likeness (QED) is 0.645. The van der Waals surface area contributed by atoms with Crippen molar-refractivity contribution in [1.82, 2.24) is 9.27 Å². The summed E-state index contributed by atoms with van der Waals surface area (Å²) in [7, 11) is 3.17. The zero-order chi connectivity index (χ0) is 18.3. The first-order valence-electron chi connectivity index (χ1n) is 9.20. The summed E-state index contributed by atoms with van der Waals surface area (Å²) >= 11 is 0. The van der Waals surface area contributed by atoms with E-state index in [0.717, 1.165) is 55.4 Å². The van der Waals surface area contributed by atoms with Crippen molar-refractivity contribution in [2.75, 3.05) is 49.5 Å². The molecule has 1 aromatic heterocycles. The van der Waals surface area contributed by atoms with E-state index in [1.807, 2.05) is 36.4 Å². The van der Waals surface area contributed by atoms with Crippen LogP contribution in [0, 0.1) is 0 Å². The highest BCUT2D eigenvalue weighted by Gasteiger charge is 2.20. The number of benzene rings is 2. The number of hydrogen-bond donors (Lipinski definition) is 1. The SMILES string of the molecule is c1ccc(N=c2ssnc2N2CCN(CCNc3ccccc3)CC2)cc1. The Morgan fingerprint density at radius 3 is 2.37 bits per heavy atom. The molecule has 7 heteroatoms. The number of nitrogens with zero attached hydrogens (tertiary/aromatic N) is 4. The Labute approximate surface area is 167 Å². The summed E-state index contributed by atoms with van der Waals surface area (Å²) in [4.78, 5) is 9.66. The monoisotopic (exact) mass is 397 g/mol. The van der Waals surface area contributed by atoms with Gasteiger partial charge in [-0.2, -0.15) is 4.37 Å². The fourth-order valence-corrected chi connectivity index (χ4v) is 4.85. The number of piperazine rings is 1. The highest BCUT2D eigenvalue weighted by molar-refractivity contribution is 7.66. The van der Waals surface area contributed by atoms with Crippen molar-refractivity contribution in [2.45, 2.75) is 0 Å². The molecule has 5 nitrogen and oxygen atoms in total. The molecule has 140 valence electrons. The van der Waals surface area contributed by atoms with Crippen LogP contribution < -0.4 is 14.9 Å². The van der Waals surface area contributed by atoms with Crippen molar-refractivity contribution in [3.8, 4) is 0 Å². The van der Waals surface area contributed by atoms with Crippen LogP contribution in [0.25, 0.3) is 0 Å². The number of para-hydroxylation sites is 2. The summed E-state index contributed by atoms with van der Waals surface area (Å²) in [5, 5.41) is 3.49. The van der Waals surface area contributed by atoms with Gasteiger partial charge in [-0.1, -0.05) is 36.4 Å². The van der Waals surface area contributed by atoms with Crippen LogP contribution in [0.2, 0.25) is 0 Å². The van der Waals surface area contributed by atoms with Gasteiger partial charge in [0.25, 0.3) is 0 Å². The molecule has 1 aliphatic rings. The molecule has 3 aromatic rings. The summed E-state index contributed by atoms with van der Waals surface area (Å²) in [5.74, 6) is 1.04. The molecule has 2 heterocycles. The maximum Gasteiger partial charge on any atom is 0.179 e. The van der Waals surface area contributed by atoms with Crippen LogP contribution in [-0.4, -0.2) is 48.5 Å². The summed E-state index contributed by atoms with van der Waals surface area (Å²) in [5.41, 5.74) is 2.17. The molecule has 0 atom stereocenters. The van der Waals surface area contributed by atoms with Gasteiger partial charge in [-0.05, 0) is 34.6 Å². The van der Waals surface area contributed by atoms with E-state index in [1.165, 1.54) is 16.2 Å². The molecule has 0 spiro atoms. The van der Waals surface area contributed by atoms with Crippen LogP contribution >= 0.6 is 20.9 Å². The first kappa shape index (κ1) is 18.2. The third-order valence-corrected chi connectivity index (χ3v) is 6.30. The Bertz CT molecular complexity index is 883. The van der Waals surface area contributed by atoms with Gasteiger partial charge >= 0.3 is 0 Å². The van der Waals surface area contributed by atoms with Gasteiger partial charge in [0.15, 0.2) is 10.5 Å². The second kappa shape index (κ2) is 9.12. The van der Waals surface area contributed by atoms with Crippen molar-refractivity contribution >= 4 is 38.1 Å². The summed E-state index contributed by atoms with van der Waals surface area (Å²) in [6.45, 7) is 6.14. The number of aromatic nitrogens is 1. The Morgan fingerprint density at radius 2 is 1.63 bits per heavy atom. The Balaban J connectivity index is 1.31. The van der Waals surface area contributed by atoms with Crippen molar-refractivity contribution in [3.63, 3.8) is 0 Å². The highest BCUT2D eigenvalue weighted by Crippen LogP contribution is 2.17. The van der Waals surface area contributed by atoms with E-state index in [-0.39, 0.29) is 0 Å². The van der Waals surface area contributed by atoms with E-state index < -0.39 is 0 Å². The Hall–Kier alpha value is -2.22. The lowest BCUT2D eigenvalue weighted by Gasteiger charge is -2.34. The summed E-state index contributed by atoms with van der Waals surface area (Å²) in [6, 6.07) is 20.5. The molecule has 0 unspecified atom stereocenters. The van der Waals surface area contributed by atoms with E-state index in [1.54, 1.807) is 10.3 Å². The standard InChI is InChI=1S/C20H23N5S2/c1-3-7-17(8-4-1)21-11-12-24-13-15-25(16-14-24)19-20(26-27-23-19)22-18-9-5-2-6-10-18/h1-10,21H,11-16H2. The minimum Gasteiger partial charge on any atom is -0.384 e. The van der Waals surface area contributed by atoms with Gasteiger partial charge in [-0.3, -0.25) is 4.90 Å². The first-order valence-corrected chi connectivity index (χ1v) is 11.3. The topological polar surface area (TPSA) is 43.8 Å². The van der Waals surface area contributed by atoms with E-state index in [9.17, 15) is 0 Å². The van der Waals surface area contributed by atoms with Crippen LogP contribution in [0.5, 0.6) is 0 Å². The van der Waals surface area contributed by atoms with Gasteiger partial charge in [-0.15, -0.1) is 0 Å². The van der Waals surface area contributed by atoms with Gasteiger partial charge in [0.2, 0.25) is 0 Å². The third kappa shape index (κ3) is 4.94. The lowest BCUT2D eigenvalue weighted by atomic mass is 10.3. The molecule has 1 saturated heterocycles. The van der Waals surface area contributed by atoms with E-state index in [4.69, 9.17) is 4.99 Å². The zero-order valence-electron chi connectivity index (χ0n) is 15.1. The smallest absolute Gasteiger partial charge is 0.179 e. The maximum atomic E-state index is 4.78. The molecule has 0 radical (unpaired) electrons. The summed E-state index contributed by atoms with van der Waals surface area (Å²) < 4.78 is 5.64. The average Bonchev–Trinajstić information content (AvgIpc) is 3.18. The zero-order valence-corrected chi connectivity index (χ0v) is 16.8. The van der Waals surface area contributed by atoms with E-state index in [0.29, 0.717) is 0 Å². The van der Waals surface area contributed by atoms with Gasteiger partial charge in [0, 0.05) is 55.5 Å². The number of anilines is 2. The van der Waals surface area contributed by atoms with Crippen LogP contribution in [0.3, 0.4) is 0 Å². The Morgan fingerprint density at radius 1 is 0.926 bits per heavy atom. The average molecular weight is 398 g/mol. The fraction of sp³-hybridized carbons (Fsp3) is 0.300. The molecule has 27 heavy (non-hydrogen) atoms. The molecule has 2 aromatic carbocycles. The molecule has 1 aliphatic heterocycles. The summed E-state index contributed by atoms with van der Waals surface area (Å²) in [6.07, 6.45) is 0. The van der Waals surface area contributed by atoms with Crippen LogP contribution in [0.4, 0.5) is 17.2 Å². The highest BCUT2D eigenvalue weighted by atomic mass is 32.9. The number of hydrogen-bond acceptors (Lipinski definition) is 7. The van der Waals surface area contributed by atoms with Crippen LogP contribution in [0.1, 0.15) is 0 Å². The van der Waals surface area contributed by atoms with Crippen molar-refractivity contribution in [3.05, 3.63) is 65.3 Å². The number of nitrogens with one attached hydrogen (secondary N) is 1. The molecule has 4 rings (SSSR count). The van der Waals surface area contributed by atoms with E-state index in [2.05, 4.69) is 43.8 Å². The van der Waals surface area contributed by atoms with Gasteiger partial charge in [-0.25, -0.2) is 4.99 Å². The predicted octanol–water partition coefficient (Wildman–Crippen LogP) is 3.67. The fourth-order valence-electron chi connectivity index (χ4n) is 3.14. The van der Waals surface area contributed by atoms with Crippen molar-refractivity contribution in [1.29, 1.82) is 0 Å². The third-order valence-electron chi connectivity index (χ3n) is 4.62. The second-order valence-electron chi connectivity index (χ2n) is 6.45. The van der Waals surface area contributed by atoms with Gasteiger partial charge in [0.1, 0.15) is 0 Å². The maximum absolute atomic E-state index is 4.78. The van der Waals surface area contributed by atoms with Gasteiger partial charge in [0.05, 0.1) is 5.69 Å².